The van der Waals surface area contributed by atoms with Gasteiger partial charge in [0.05, 0.1) is 19.3 Å². The topological polar surface area (TPSA) is 75.2 Å². The third-order valence-electron chi connectivity index (χ3n) is 2.91. The van der Waals surface area contributed by atoms with Gasteiger partial charge in [-0.1, -0.05) is 0 Å². The molecule has 1 aromatic heterocycles. The van der Waals surface area contributed by atoms with E-state index in [0.29, 0.717) is 12.6 Å². The minimum atomic E-state index is 0.0812. The van der Waals surface area contributed by atoms with E-state index in [1.807, 2.05) is 19.1 Å². The van der Waals surface area contributed by atoms with Crippen LogP contribution >= 0.6 is 0 Å². The second-order valence-electron chi connectivity index (χ2n) is 4.39. The Kier molecular flexibility index (Phi) is 3.28. The molecule has 2 heterocycles. The van der Waals surface area contributed by atoms with Crippen molar-refractivity contribution in [2.45, 2.75) is 19.9 Å². The second-order valence-corrected chi connectivity index (χ2v) is 4.39. The Morgan fingerprint density at radius 3 is 3.00 bits per heavy atom. The first kappa shape index (κ1) is 11.9. The van der Waals surface area contributed by atoms with Crippen molar-refractivity contribution in [1.29, 1.82) is 5.41 Å². The number of nitrogens with two attached hydrogens (primary N) is 1. The molecule has 5 heteroatoms. The van der Waals surface area contributed by atoms with E-state index in [0.717, 1.165) is 30.2 Å². The van der Waals surface area contributed by atoms with Gasteiger partial charge in [-0.2, -0.15) is 0 Å². The van der Waals surface area contributed by atoms with Gasteiger partial charge in [0.25, 0.3) is 0 Å². The number of pyridine rings is 1. The van der Waals surface area contributed by atoms with E-state index in [9.17, 15) is 0 Å². The molecular weight excluding hydrogens is 216 g/mol. The summed E-state index contributed by atoms with van der Waals surface area (Å²) in [6, 6.07) is 4.01. The van der Waals surface area contributed by atoms with Crippen molar-refractivity contribution in [2.75, 3.05) is 24.7 Å². The molecule has 0 spiro atoms. The molecule has 1 saturated heterocycles. The normalized spacial score (nSPS) is 20.4. The molecule has 2 rings (SSSR count). The lowest BCUT2D eigenvalue weighted by Gasteiger charge is -2.34. The van der Waals surface area contributed by atoms with Crippen LogP contribution in [0.15, 0.2) is 12.1 Å². The third-order valence-corrected chi connectivity index (χ3v) is 2.91. The van der Waals surface area contributed by atoms with Gasteiger partial charge in [0.15, 0.2) is 0 Å². The Morgan fingerprint density at radius 2 is 2.35 bits per heavy atom. The molecule has 0 bridgehead atoms. The number of nitrogens with zero attached hydrogens (tertiary/aromatic N) is 2. The molecule has 1 aliphatic rings. The maximum absolute atomic E-state index is 7.50. The summed E-state index contributed by atoms with van der Waals surface area (Å²) in [7, 11) is 0. The summed E-state index contributed by atoms with van der Waals surface area (Å²) in [6.07, 6.45) is 0. The third kappa shape index (κ3) is 2.55. The van der Waals surface area contributed by atoms with Crippen LogP contribution in [0.4, 0.5) is 5.82 Å². The van der Waals surface area contributed by atoms with Crippen LogP contribution in [0.2, 0.25) is 0 Å². The Bertz CT molecular complexity index is 433. The minimum Gasteiger partial charge on any atom is -0.384 e. The molecule has 1 fully saturated rings. The molecule has 92 valence electrons. The van der Waals surface area contributed by atoms with E-state index in [4.69, 9.17) is 15.9 Å². The van der Waals surface area contributed by atoms with E-state index in [1.54, 1.807) is 0 Å². The number of aromatic nitrogens is 1. The van der Waals surface area contributed by atoms with Gasteiger partial charge < -0.3 is 15.4 Å². The van der Waals surface area contributed by atoms with Crippen LogP contribution in [0.1, 0.15) is 18.2 Å². The van der Waals surface area contributed by atoms with Gasteiger partial charge in [-0.15, -0.1) is 0 Å². The van der Waals surface area contributed by atoms with Crippen LogP contribution in [0, 0.1) is 12.3 Å². The van der Waals surface area contributed by atoms with E-state index in [-0.39, 0.29) is 5.84 Å². The molecule has 17 heavy (non-hydrogen) atoms. The van der Waals surface area contributed by atoms with Gasteiger partial charge in [0.1, 0.15) is 11.7 Å². The van der Waals surface area contributed by atoms with Crippen LogP contribution in [-0.2, 0) is 4.74 Å². The van der Waals surface area contributed by atoms with Gasteiger partial charge in [0.2, 0.25) is 0 Å². The van der Waals surface area contributed by atoms with Crippen LogP contribution in [0.25, 0.3) is 0 Å². The van der Waals surface area contributed by atoms with Gasteiger partial charge in [0, 0.05) is 17.8 Å². The summed E-state index contributed by atoms with van der Waals surface area (Å²) < 4.78 is 5.41. The quantitative estimate of drug-likeness (QED) is 0.589. The van der Waals surface area contributed by atoms with E-state index in [1.165, 1.54) is 0 Å². The summed E-state index contributed by atoms with van der Waals surface area (Å²) in [5.74, 6) is 0.962. The maximum Gasteiger partial charge on any atom is 0.129 e. The smallest absolute Gasteiger partial charge is 0.129 e. The summed E-state index contributed by atoms with van der Waals surface area (Å²) in [4.78, 5) is 6.71. The zero-order valence-electron chi connectivity index (χ0n) is 10.2. The van der Waals surface area contributed by atoms with E-state index >= 15 is 0 Å². The number of hydrogen-bond donors (Lipinski definition) is 2. The highest BCUT2D eigenvalue weighted by Gasteiger charge is 2.20. The van der Waals surface area contributed by atoms with Gasteiger partial charge in [-0.25, -0.2) is 4.98 Å². The molecule has 1 atom stereocenters. The summed E-state index contributed by atoms with van der Waals surface area (Å²) in [5.41, 5.74) is 7.14. The number of rotatable bonds is 2. The molecular formula is C12H18N4O. The molecule has 1 aliphatic heterocycles. The fraction of sp³-hybridized carbons (Fsp3) is 0.500. The fourth-order valence-corrected chi connectivity index (χ4v) is 2.02. The summed E-state index contributed by atoms with van der Waals surface area (Å²) in [6.45, 7) is 6.28. The SMILES string of the molecule is Cc1cc(C(=N)N)cc(N2CCOCC2C)n1. The highest BCUT2D eigenvalue weighted by Crippen LogP contribution is 2.19. The molecule has 0 aromatic carbocycles. The lowest BCUT2D eigenvalue weighted by molar-refractivity contribution is 0.0985. The summed E-state index contributed by atoms with van der Waals surface area (Å²) >= 11 is 0. The molecule has 1 unspecified atom stereocenters. The van der Waals surface area contributed by atoms with E-state index < -0.39 is 0 Å². The predicted octanol–water partition coefficient (Wildman–Crippen LogP) is 0.899. The first-order valence-electron chi connectivity index (χ1n) is 5.75. The Labute approximate surface area is 101 Å². The van der Waals surface area contributed by atoms with Crippen molar-refractivity contribution in [3.63, 3.8) is 0 Å². The first-order valence-corrected chi connectivity index (χ1v) is 5.75. The van der Waals surface area contributed by atoms with E-state index in [2.05, 4.69) is 16.8 Å². The maximum atomic E-state index is 7.50. The molecule has 0 aliphatic carbocycles. The Hall–Kier alpha value is -1.62. The second kappa shape index (κ2) is 4.71. The monoisotopic (exact) mass is 234 g/mol. The van der Waals surface area contributed by atoms with Crippen molar-refractivity contribution >= 4 is 11.7 Å². The minimum absolute atomic E-state index is 0.0812. The van der Waals surface area contributed by atoms with Crippen LogP contribution in [0.3, 0.4) is 0 Å². The Balaban J connectivity index is 2.33. The lowest BCUT2D eigenvalue weighted by atomic mass is 10.2. The van der Waals surface area contributed by atoms with Gasteiger partial charge in [-0.05, 0) is 26.0 Å². The van der Waals surface area contributed by atoms with Crippen molar-refractivity contribution in [2.24, 2.45) is 5.73 Å². The number of amidine groups is 1. The van der Waals surface area contributed by atoms with Crippen LogP contribution in [0.5, 0.6) is 0 Å². The summed E-state index contributed by atoms with van der Waals surface area (Å²) in [5, 5.41) is 7.50. The highest BCUT2D eigenvalue weighted by molar-refractivity contribution is 5.95. The van der Waals surface area contributed by atoms with Crippen LogP contribution in [-0.4, -0.2) is 36.6 Å². The standard InChI is InChI=1S/C12H18N4O/c1-8-5-10(12(13)14)6-11(15-8)16-3-4-17-7-9(16)2/h5-6,9H,3-4,7H2,1-2H3,(H3,13,14). The molecule has 3 N–H and O–H groups in total. The van der Waals surface area contributed by atoms with Crippen molar-refractivity contribution in [3.8, 4) is 0 Å². The number of nitrogens with one attached hydrogen (secondary N) is 1. The van der Waals surface area contributed by atoms with Gasteiger partial charge >= 0.3 is 0 Å². The zero-order valence-corrected chi connectivity index (χ0v) is 10.2. The number of aryl methyl sites for hydroxylation is 1. The molecule has 0 amide bonds. The Morgan fingerprint density at radius 1 is 1.59 bits per heavy atom. The number of ether oxygens (including phenoxy) is 1. The fourth-order valence-electron chi connectivity index (χ4n) is 2.02. The van der Waals surface area contributed by atoms with Crippen molar-refractivity contribution in [3.05, 3.63) is 23.4 Å². The predicted molar refractivity (Wildman–Crippen MR) is 67.6 cm³/mol. The number of morpholine rings is 1. The zero-order chi connectivity index (χ0) is 12.4. The number of hydrogen-bond acceptors (Lipinski definition) is 4. The molecule has 5 nitrogen and oxygen atoms in total. The largest absolute Gasteiger partial charge is 0.384 e. The number of nitrogen functional groups attached to an aromatic ring is 1. The molecule has 0 radical (unpaired) electrons. The number of anilines is 1. The average Bonchev–Trinajstić information content (AvgIpc) is 2.28. The average molecular weight is 234 g/mol. The molecule has 0 saturated carbocycles. The lowest BCUT2D eigenvalue weighted by Crippen LogP contribution is -2.44. The van der Waals surface area contributed by atoms with Crippen molar-refractivity contribution in [1.82, 2.24) is 4.98 Å². The van der Waals surface area contributed by atoms with Crippen molar-refractivity contribution < 1.29 is 4.74 Å². The highest BCUT2D eigenvalue weighted by atomic mass is 16.5. The van der Waals surface area contributed by atoms with Crippen LogP contribution < -0.4 is 10.6 Å². The van der Waals surface area contributed by atoms with Gasteiger partial charge in [-0.3, -0.25) is 5.41 Å². The first-order chi connectivity index (χ1) is 8.08. The molecule has 1 aromatic rings.